The van der Waals surface area contributed by atoms with Gasteiger partial charge in [-0.3, -0.25) is 0 Å². The second-order valence-electron chi connectivity index (χ2n) is 4.83. The van der Waals surface area contributed by atoms with E-state index in [-0.39, 0.29) is 17.9 Å². The summed E-state index contributed by atoms with van der Waals surface area (Å²) in [6, 6.07) is 5.94. The van der Waals surface area contributed by atoms with E-state index in [1.807, 2.05) is 0 Å². The molecule has 0 aliphatic carbocycles. The maximum absolute atomic E-state index is 12.6. The molecular weight excluding hydrogens is 315 g/mol. The van der Waals surface area contributed by atoms with Gasteiger partial charge in [0.1, 0.15) is 0 Å². The number of hydrogen-bond acceptors (Lipinski definition) is 2. The van der Waals surface area contributed by atoms with Crippen LogP contribution < -0.4 is 0 Å². The summed E-state index contributed by atoms with van der Waals surface area (Å²) >= 11 is 0. The Balaban J connectivity index is 3.11. The minimum Gasteiger partial charge on any atom is -0.207 e. The molecule has 1 aromatic rings. The summed E-state index contributed by atoms with van der Waals surface area (Å²) in [5.41, 5.74) is -0.247. The van der Waals surface area contributed by atoms with Gasteiger partial charge in [0.2, 0.25) is 10.0 Å². The lowest BCUT2D eigenvalue weighted by molar-refractivity contribution is -0.0938. The number of aryl methyl sites for hydroxylation is 1. The molecule has 0 heterocycles. The molecule has 3 nitrogen and oxygen atoms in total. The summed E-state index contributed by atoms with van der Waals surface area (Å²) in [6.07, 6.45) is -2.93. The van der Waals surface area contributed by atoms with Gasteiger partial charge >= 0.3 is 6.18 Å². The summed E-state index contributed by atoms with van der Waals surface area (Å²) in [4.78, 5) is -0.0443. The van der Waals surface area contributed by atoms with Crippen LogP contribution in [0.25, 0.3) is 0 Å². The van der Waals surface area contributed by atoms with E-state index >= 15 is 0 Å². The first-order chi connectivity index (χ1) is 10.1. The highest BCUT2D eigenvalue weighted by Gasteiger charge is 2.35. The largest absolute Gasteiger partial charge is 0.413 e. The van der Waals surface area contributed by atoms with Gasteiger partial charge in [-0.2, -0.15) is 17.5 Å². The van der Waals surface area contributed by atoms with Crippen molar-refractivity contribution in [1.82, 2.24) is 4.31 Å². The topological polar surface area (TPSA) is 37.4 Å². The summed E-state index contributed by atoms with van der Waals surface area (Å²) in [6.45, 7) is 7.30. The Labute approximate surface area is 128 Å². The fourth-order valence-electron chi connectivity index (χ4n) is 1.68. The van der Waals surface area contributed by atoms with Crippen molar-refractivity contribution in [2.75, 3.05) is 13.1 Å². The highest BCUT2D eigenvalue weighted by Crippen LogP contribution is 2.27. The number of rotatable bonds is 7. The van der Waals surface area contributed by atoms with E-state index in [4.69, 9.17) is 0 Å². The van der Waals surface area contributed by atoms with Crippen LogP contribution in [0, 0.1) is 6.92 Å². The molecule has 0 spiro atoms. The van der Waals surface area contributed by atoms with Crippen LogP contribution in [0.15, 0.2) is 54.0 Å². The second-order valence-corrected chi connectivity index (χ2v) is 6.77. The quantitative estimate of drug-likeness (QED) is 0.714. The van der Waals surface area contributed by atoms with Gasteiger partial charge in [0.25, 0.3) is 0 Å². The molecule has 0 saturated carbocycles. The Morgan fingerprint density at radius 3 is 2.27 bits per heavy atom. The first-order valence-corrected chi connectivity index (χ1v) is 7.95. The summed E-state index contributed by atoms with van der Waals surface area (Å²) in [5, 5.41) is 0. The van der Waals surface area contributed by atoms with E-state index in [2.05, 4.69) is 13.2 Å². The minimum absolute atomic E-state index is 0.0443. The molecule has 0 aliphatic heterocycles. The fraction of sp³-hybridized carbons (Fsp3) is 0.333. The van der Waals surface area contributed by atoms with Gasteiger partial charge in [0, 0.05) is 18.7 Å². The third-order valence-corrected chi connectivity index (χ3v) is 4.87. The van der Waals surface area contributed by atoms with Crippen LogP contribution >= 0.6 is 0 Å². The summed E-state index contributed by atoms with van der Waals surface area (Å²) in [7, 11) is -4.02. The molecule has 0 radical (unpaired) electrons. The number of alkyl halides is 3. The molecule has 1 aromatic carbocycles. The van der Waals surface area contributed by atoms with Crippen molar-refractivity contribution in [3.63, 3.8) is 0 Å². The smallest absolute Gasteiger partial charge is 0.207 e. The van der Waals surface area contributed by atoms with E-state index in [1.165, 1.54) is 18.2 Å². The van der Waals surface area contributed by atoms with E-state index in [9.17, 15) is 21.6 Å². The molecule has 0 unspecified atom stereocenters. The van der Waals surface area contributed by atoms with Crippen LogP contribution in [0.3, 0.4) is 0 Å². The Morgan fingerprint density at radius 2 is 1.82 bits per heavy atom. The lowest BCUT2D eigenvalue weighted by Gasteiger charge is -2.23. The zero-order valence-electron chi connectivity index (χ0n) is 12.2. The van der Waals surface area contributed by atoms with Crippen molar-refractivity contribution in [3.05, 3.63) is 54.6 Å². The summed E-state index contributed by atoms with van der Waals surface area (Å²) < 4.78 is 63.7. The zero-order chi connectivity index (χ0) is 17.0. The molecule has 0 atom stereocenters. The highest BCUT2D eigenvalue weighted by molar-refractivity contribution is 7.89. The Morgan fingerprint density at radius 1 is 1.27 bits per heavy atom. The molecule has 122 valence electrons. The monoisotopic (exact) mass is 333 g/mol. The van der Waals surface area contributed by atoms with Crippen molar-refractivity contribution in [3.8, 4) is 0 Å². The predicted molar refractivity (Wildman–Crippen MR) is 79.9 cm³/mol. The van der Waals surface area contributed by atoms with Crippen LogP contribution in [-0.2, 0) is 10.0 Å². The third kappa shape index (κ3) is 4.71. The first-order valence-electron chi connectivity index (χ1n) is 6.51. The number of hydrogen-bond donors (Lipinski definition) is 0. The first kappa shape index (κ1) is 18.4. The molecule has 0 amide bonds. The van der Waals surface area contributed by atoms with Gasteiger partial charge in [-0.05, 0) is 25.5 Å². The summed E-state index contributed by atoms with van der Waals surface area (Å²) in [5.74, 6) is 0. The van der Waals surface area contributed by atoms with Gasteiger partial charge in [0.05, 0.1) is 4.90 Å². The van der Waals surface area contributed by atoms with Gasteiger partial charge in [-0.25, -0.2) is 8.42 Å². The van der Waals surface area contributed by atoms with E-state index in [0.717, 1.165) is 9.87 Å². The molecule has 0 N–H and O–H groups in total. The van der Waals surface area contributed by atoms with Gasteiger partial charge in [-0.1, -0.05) is 30.4 Å². The number of halogens is 3. The minimum atomic E-state index is -4.63. The zero-order valence-corrected chi connectivity index (χ0v) is 13.0. The van der Waals surface area contributed by atoms with Gasteiger partial charge in [-0.15, -0.1) is 6.58 Å². The normalized spacial score (nSPS) is 12.4. The molecule has 0 fully saturated rings. The van der Waals surface area contributed by atoms with Crippen molar-refractivity contribution in [2.24, 2.45) is 0 Å². The second kappa shape index (κ2) is 7.11. The SMILES string of the molecule is C=CCCN(CC(=C)C(F)(F)F)S(=O)(=O)c1ccc(C)cc1. The van der Waals surface area contributed by atoms with E-state index < -0.39 is 28.3 Å². The maximum atomic E-state index is 12.6. The van der Waals surface area contributed by atoms with Crippen LogP contribution in [0.2, 0.25) is 0 Å². The number of benzene rings is 1. The molecule has 7 heteroatoms. The fourth-order valence-corrected chi connectivity index (χ4v) is 3.13. The van der Waals surface area contributed by atoms with Crippen molar-refractivity contribution in [2.45, 2.75) is 24.4 Å². The van der Waals surface area contributed by atoms with Crippen LogP contribution in [0.4, 0.5) is 13.2 Å². The van der Waals surface area contributed by atoms with Crippen molar-refractivity contribution >= 4 is 10.0 Å². The average molecular weight is 333 g/mol. The highest BCUT2D eigenvalue weighted by atomic mass is 32.2. The number of sulfonamides is 1. The lowest BCUT2D eigenvalue weighted by atomic mass is 10.2. The molecule has 0 saturated heterocycles. The number of nitrogens with zero attached hydrogens (tertiary/aromatic N) is 1. The predicted octanol–water partition coefficient (Wildman–Crippen LogP) is 3.68. The van der Waals surface area contributed by atoms with Gasteiger partial charge < -0.3 is 0 Å². The maximum Gasteiger partial charge on any atom is 0.413 e. The van der Waals surface area contributed by atoms with E-state index in [1.54, 1.807) is 19.1 Å². The van der Waals surface area contributed by atoms with Crippen LogP contribution in [0.1, 0.15) is 12.0 Å². The molecular formula is C15H18F3NO2S. The molecule has 0 aliphatic rings. The average Bonchev–Trinajstić information content (AvgIpc) is 2.42. The van der Waals surface area contributed by atoms with Crippen molar-refractivity contribution < 1.29 is 21.6 Å². The van der Waals surface area contributed by atoms with E-state index in [0.29, 0.717) is 0 Å². The Bertz CT molecular complexity index is 634. The third-order valence-electron chi connectivity index (χ3n) is 3.01. The standard InChI is InChI=1S/C15H18F3NO2S/c1-4-5-10-19(11-13(3)15(16,17)18)22(20,21)14-8-6-12(2)7-9-14/h4,6-9H,1,3,5,10-11H2,2H3. The molecule has 0 bridgehead atoms. The van der Waals surface area contributed by atoms with Crippen LogP contribution in [0.5, 0.6) is 0 Å². The van der Waals surface area contributed by atoms with Crippen molar-refractivity contribution in [1.29, 1.82) is 0 Å². The molecule has 22 heavy (non-hydrogen) atoms. The Hall–Kier alpha value is -1.60. The lowest BCUT2D eigenvalue weighted by Crippen LogP contribution is -2.36. The Kier molecular flexibility index (Phi) is 5.96. The molecule has 1 rings (SSSR count). The molecule has 0 aromatic heterocycles. The van der Waals surface area contributed by atoms with Gasteiger partial charge in [0.15, 0.2) is 0 Å². The van der Waals surface area contributed by atoms with Crippen LogP contribution in [-0.4, -0.2) is 32.0 Å².